The highest BCUT2D eigenvalue weighted by Crippen LogP contribution is 2.34. The Hall–Kier alpha value is -2.41. The van der Waals surface area contributed by atoms with E-state index in [9.17, 15) is 0 Å². The van der Waals surface area contributed by atoms with Crippen LogP contribution in [0.15, 0.2) is 67.3 Å². The number of fused-ring (bicyclic) bond motifs is 1. The first-order chi connectivity index (χ1) is 16.7. The maximum atomic E-state index is 15.4. The Morgan fingerprint density at radius 2 is 1.53 bits per heavy atom. The number of hydrogen-bond donors (Lipinski definition) is 0. The van der Waals surface area contributed by atoms with Gasteiger partial charge in [-0.05, 0) is 72.4 Å². The molecule has 4 rings (SSSR count). The Morgan fingerprint density at radius 3 is 2.24 bits per heavy atom. The molecule has 3 aromatic rings. The first-order valence-corrected chi connectivity index (χ1v) is 13.6. The molecule has 1 aliphatic carbocycles. The van der Waals surface area contributed by atoms with Crippen LogP contribution in [0.1, 0.15) is 82.3 Å². The molecule has 1 fully saturated rings. The molecule has 34 heavy (non-hydrogen) atoms. The third-order valence-electron chi connectivity index (χ3n) is 7.94. The van der Waals surface area contributed by atoms with E-state index in [1.54, 1.807) is 0 Å². The molecule has 3 aromatic carbocycles. The van der Waals surface area contributed by atoms with E-state index in [-0.39, 0.29) is 5.82 Å². The van der Waals surface area contributed by atoms with Crippen LogP contribution in [-0.4, -0.2) is 0 Å². The maximum absolute atomic E-state index is 15.4. The summed E-state index contributed by atoms with van der Waals surface area (Å²) in [7, 11) is 0. The lowest BCUT2D eigenvalue weighted by Crippen LogP contribution is -2.15. The lowest BCUT2D eigenvalue weighted by Gasteiger charge is -2.28. The van der Waals surface area contributed by atoms with E-state index in [1.807, 2.05) is 12.1 Å². The molecule has 0 saturated heterocycles. The van der Waals surface area contributed by atoms with Crippen LogP contribution in [-0.2, 0) is 12.8 Å². The number of hydrogen-bond acceptors (Lipinski definition) is 0. The zero-order valence-corrected chi connectivity index (χ0v) is 21.0. The quantitative estimate of drug-likeness (QED) is 0.199. The van der Waals surface area contributed by atoms with E-state index >= 15 is 4.39 Å². The second-order valence-electron chi connectivity index (χ2n) is 10.4. The highest BCUT2D eigenvalue weighted by Gasteiger charge is 2.20. The summed E-state index contributed by atoms with van der Waals surface area (Å²) in [4.78, 5) is 0. The Kier molecular flexibility index (Phi) is 8.97. The van der Waals surface area contributed by atoms with Gasteiger partial charge in [-0.2, -0.15) is 0 Å². The fourth-order valence-corrected chi connectivity index (χ4v) is 5.68. The van der Waals surface area contributed by atoms with Gasteiger partial charge in [0, 0.05) is 10.9 Å². The predicted molar refractivity (Wildman–Crippen MR) is 146 cm³/mol. The van der Waals surface area contributed by atoms with Crippen molar-refractivity contribution in [2.24, 2.45) is 11.8 Å². The number of aryl methyl sites for hydroxylation is 2. The van der Waals surface area contributed by atoms with Gasteiger partial charge in [0.25, 0.3) is 0 Å². The van der Waals surface area contributed by atoms with Crippen LogP contribution in [0, 0.1) is 17.7 Å². The third-order valence-corrected chi connectivity index (χ3v) is 7.94. The predicted octanol–water partition coefficient (Wildman–Crippen LogP) is 10.1. The van der Waals surface area contributed by atoms with Gasteiger partial charge in [-0.25, -0.2) is 4.39 Å². The van der Waals surface area contributed by atoms with Crippen LogP contribution in [0.5, 0.6) is 0 Å². The van der Waals surface area contributed by atoms with Crippen LogP contribution in [0.3, 0.4) is 0 Å². The summed E-state index contributed by atoms with van der Waals surface area (Å²) in [5.74, 6) is 1.68. The average Bonchev–Trinajstić information content (AvgIpc) is 2.88. The van der Waals surface area contributed by atoms with E-state index in [0.717, 1.165) is 41.0 Å². The summed E-state index contributed by atoms with van der Waals surface area (Å²) in [6, 6.07) is 18.9. The van der Waals surface area contributed by atoms with Gasteiger partial charge in [-0.15, -0.1) is 6.58 Å². The van der Waals surface area contributed by atoms with Gasteiger partial charge in [0.15, 0.2) is 0 Å². The summed E-state index contributed by atoms with van der Waals surface area (Å²) in [5, 5.41) is 1.73. The molecule has 180 valence electrons. The van der Waals surface area contributed by atoms with Crippen molar-refractivity contribution >= 4 is 10.8 Å². The number of unbranched alkanes of at least 4 members (excludes halogenated alkanes) is 2. The first kappa shape index (κ1) is 24.7. The summed E-state index contributed by atoms with van der Waals surface area (Å²) >= 11 is 0. The minimum Gasteiger partial charge on any atom is -0.206 e. The molecule has 0 amide bonds. The molecular formula is C33H41F. The molecule has 1 saturated carbocycles. The molecule has 1 aliphatic rings. The SMILES string of the molecule is C=CCCC1CCC(CCc2ccc(-c3ccc4cc(CCCCC)ccc4c3F)cc2)CC1. The minimum atomic E-state index is -0.0985. The van der Waals surface area contributed by atoms with Gasteiger partial charge in [0.1, 0.15) is 5.82 Å². The Balaban J connectivity index is 1.35. The summed E-state index contributed by atoms with van der Waals surface area (Å²) in [6.45, 7) is 6.08. The van der Waals surface area contributed by atoms with E-state index in [0.29, 0.717) is 5.56 Å². The molecule has 0 atom stereocenters. The zero-order chi connectivity index (χ0) is 23.8. The second kappa shape index (κ2) is 12.3. The molecule has 0 nitrogen and oxygen atoms in total. The van der Waals surface area contributed by atoms with Gasteiger partial charge in [0.2, 0.25) is 0 Å². The van der Waals surface area contributed by atoms with E-state index in [1.165, 1.54) is 75.3 Å². The highest BCUT2D eigenvalue weighted by molar-refractivity contribution is 5.88. The number of allylic oxidation sites excluding steroid dienone is 1. The monoisotopic (exact) mass is 456 g/mol. The van der Waals surface area contributed by atoms with Crippen LogP contribution in [0.25, 0.3) is 21.9 Å². The lowest BCUT2D eigenvalue weighted by atomic mass is 9.78. The number of halogens is 1. The van der Waals surface area contributed by atoms with E-state index in [4.69, 9.17) is 0 Å². The number of rotatable bonds is 11. The van der Waals surface area contributed by atoms with E-state index in [2.05, 4.69) is 62.0 Å². The van der Waals surface area contributed by atoms with Gasteiger partial charge < -0.3 is 0 Å². The van der Waals surface area contributed by atoms with Crippen LogP contribution >= 0.6 is 0 Å². The molecule has 0 bridgehead atoms. The molecule has 0 unspecified atom stereocenters. The Morgan fingerprint density at radius 1 is 0.824 bits per heavy atom. The summed E-state index contributed by atoms with van der Waals surface area (Å²) in [5.41, 5.74) is 4.35. The van der Waals surface area contributed by atoms with Crippen molar-refractivity contribution in [1.29, 1.82) is 0 Å². The third kappa shape index (κ3) is 6.38. The van der Waals surface area contributed by atoms with E-state index < -0.39 is 0 Å². The van der Waals surface area contributed by atoms with Crippen LogP contribution in [0.2, 0.25) is 0 Å². The van der Waals surface area contributed by atoms with Crippen LogP contribution < -0.4 is 0 Å². The minimum absolute atomic E-state index is 0.0985. The van der Waals surface area contributed by atoms with Crippen molar-refractivity contribution < 1.29 is 4.39 Å². The second-order valence-corrected chi connectivity index (χ2v) is 10.4. The summed E-state index contributed by atoms with van der Waals surface area (Å²) < 4.78 is 15.4. The molecule has 0 heterocycles. The Labute approximate surface area is 206 Å². The molecule has 0 radical (unpaired) electrons. The van der Waals surface area contributed by atoms with Crippen LogP contribution in [0.4, 0.5) is 4.39 Å². The average molecular weight is 457 g/mol. The fourth-order valence-electron chi connectivity index (χ4n) is 5.68. The van der Waals surface area contributed by atoms with Gasteiger partial charge in [-0.1, -0.05) is 106 Å². The van der Waals surface area contributed by atoms with Crippen molar-refractivity contribution in [2.75, 3.05) is 0 Å². The smallest absolute Gasteiger partial charge is 0.138 e. The lowest BCUT2D eigenvalue weighted by molar-refractivity contribution is 0.254. The Bertz CT molecular complexity index is 1050. The van der Waals surface area contributed by atoms with Gasteiger partial charge in [-0.3, -0.25) is 0 Å². The maximum Gasteiger partial charge on any atom is 0.138 e. The fraction of sp³-hybridized carbons (Fsp3) is 0.455. The standard InChI is InChI=1S/C33H41F/c1-3-5-7-9-28-18-22-32-30(24-28)21-23-31(33(32)34)29-19-16-27(17-20-29)15-14-26-12-10-25(11-13-26)8-6-4-2/h4,16-26H,2-3,5-15H2,1H3. The normalized spacial score (nSPS) is 18.3. The molecule has 0 aliphatic heterocycles. The molecule has 1 heteroatoms. The molecule has 0 spiro atoms. The van der Waals surface area contributed by atoms with Crippen molar-refractivity contribution in [2.45, 2.75) is 84.0 Å². The van der Waals surface area contributed by atoms with Gasteiger partial charge in [0.05, 0.1) is 0 Å². The molecule has 0 N–H and O–H groups in total. The van der Waals surface area contributed by atoms with Crippen molar-refractivity contribution in [3.63, 3.8) is 0 Å². The van der Waals surface area contributed by atoms with Gasteiger partial charge >= 0.3 is 0 Å². The molecular weight excluding hydrogens is 415 g/mol. The topological polar surface area (TPSA) is 0 Å². The summed E-state index contributed by atoms with van der Waals surface area (Å²) in [6.07, 6.45) is 17.2. The molecule has 0 aromatic heterocycles. The van der Waals surface area contributed by atoms with Crippen molar-refractivity contribution in [3.8, 4) is 11.1 Å². The van der Waals surface area contributed by atoms with Crippen molar-refractivity contribution in [1.82, 2.24) is 0 Å². The largest absolute Gasteiger partial charge is 0.206 e. The first-order valence-electron chi connectivity index (χ1n) is 13.6. The highest BCUT2D eigenvalue weighted by atomic mass is 19.1. The number of benzene rings is 3. The van der Waals surface area contributed by atoms with Crippen molar-refractivity contribution in [3.05, 3.63) is 84.2 Å². The zero-order valence-electron chi connectivity index (χ0n) is 21.0.